The molecule has 0 atom stereocenters. The molecular weight excluding hydrogens is 432 g/mol. The normalized spacial score (nSPS) is 10.2. The average Bonchev–Trinajstić information content (AvgIpc) is 2.88. The van der Waals surface area contributed by atoms with Crippen LogP contribution in [-0.2, 0) is 0 Å². The van der Waals surface area contributed by atoms with Crippen molar-refractivity contribution in [2.24, 2.45) is 0 Å². The molecule has 34 heavy (non-hydrogen) atoms. The van der Waals surface area contributed by atoms with Gasteiger partial charge >= 0.3 is 0 Å². The van der Waals surface area contributed by atoms with E-state index in [-0.39, 0.29) is 0 Å². The second-order valence-corrected chi connectivity index (χ2v) is 7.03. The molecule has 0 saturated heterocycles. The molecule has 0 fully saturated rings. The van der Waals surface area contributed by atoms with E-state index in [0.29, 0.717) is 57.1 Å². The van der Waals surface area contributed by atoms with E-state index in [9.17, 15) is 5.26 Å². The number of anilines is 2. The third-order valence-corrected chi connectivity index (χ3v) is 4.97. The smallest absolute Gasteiger partial charge is 0.203 e. The van der Waals surface area contributed by atoms with Crippen LogP contribution in [0.15, 0.2) is 73.1 Å². The van der Waals surface area contributed by atoms with E-state index >= 15 is 0 Å². The lowest BCUT2D eigenvalue weighted by molar-refractivity contribution is 0.324. The van der Waals surface area contributed by atoms with Crippen molar-refractivity contribution in [1.82, 2.24) is 9.97 Å². The van der Waals surface area contributed by atoms with Crippen molar-refractivity contribution in [1.29, 1.82) is 5.26 Å². The predicted molar refractivity (Wildman–Crippen MR) is 128 cm³/mol. The van der Waals surface area contributed by atoms with Crippen LogP contribution in [0.1, 0.15) is 5.56 Å². The SMILES string of the molecule is COc1cc(Nc2cc(Oc3cccnc3-c3ccccc3C#N)ccn2)cc(OC)c1OC. The minimum atomic E-state index is 0.502. The first-order chi connectivity index (χ1) is 16.7. The summed E-state index contributed by atoms with van der Waals surface area (Å²) in [6.45, 7) is 0. The van der Waals surface area contributed by atoms with Crippen molar-refractivity contribution in [2.75, 3.05) is 26.6 Å². The number of nitrogens with one attached hydrogen (secondary N) is 1. The molecule has 4 rings (SSSR count). The summed E-state index contributed by atoms with van der Waals surface area (Å²) in [6.07, 6.45) is 3.30. The first-order valence-electron chi connectivity index (χ1n) is 10.3. The average molecular weight is 454 g/mol. The molecule has 0 amide bonds. The zero-order valence-corrected chi connectivity index (χ0v) is 18.9. The van der Waals surface area contributed by atoms with Gasteiger partial charge in [0, 0.05) is 41.8 Å². The van der Waals surface area contributed by atoms with Crippen LogP contribution in [0.25, 0.3) is 11.3 Å². The fourth-order valence-corrected chi connectivity index (χ4v) is 3.43. The van der Waals surface area contributed by atoms with Gasteiger partial charge in [-0.2, -0.15) is 5.26 Å². The van der Waals surface area contributed by atoms with Crippen molar-refractivity contribution in [3.8, 4) is 46.1 Å². The Balaban J connectivity index is 1.63. The zero-order valence-electron chi connectivity index (χ0n) is 18.9. The summed E-state index contributed by atoms with van der Waals surface area (Å²) in [5, 5.41) is 12.7. The first-order valence-corrected chi connectivity index (χ1v) is 10.3. The van der Waals surface area contributed by atoms with Crippen molar-refractivity contribution < 1.29 is 18.9 Å². The maximum Gasteiger partial charge on any atom is 0.203 e. The van der Waals surface area contributed by atoms with Crippen LogP contribution in [-0.4, -0.2) is 31.3 Å². The molecule has 8 heteroatoms. The Labute approximate surface area is 197 Å². The van der Waals surface area contributed by atoms with Crippen LogP contribution in [0.4, 0.5) is 11.5 Å². The molecule has 0 spiro atoms. The summed E-state index contributed by atoms with van der Waals surface area (Å²) >= 11 is 0. The molecule has 4 aromatic rings. The molecule has 170 valence electrons. The van der Waals surface area contributed by atoms with Gasteiger partial charge in [-0.25, -0.2) is 4.98 Å². The van der Waals surface area contributed by atoms with Gasteiger partial charge in [0.15, 0.2) is 17.2 Å². The maximum absolute atomic E-state index is 9.48. The molecule has 8 nitrogen and oxygen atoms in total. The van der Waals surface area contributed by atoms with Crippen LogP contribution in [0.5, 0.6) is 28.7 Å². The Morgan fingerprint density at radius 1 is 0.794 bits per heavy atom. The van der Waals surface area contributed by atoms with Gasteiger partial charge in [0.2, 0.25) is 5.75 Å². The number of benzene rings is 2. The molecule has 0 radical (unpaired) electrons. The summed E-state index contributed by atoms with van der Waals surface area (Å²) in [5.41, 5.74) is 2.50. The van der Waals surface area contributed by atoms with E-state index in [1.807, 2.05) is 24.3 Å². The zero-order chi connectivity index (χ0) is 23.9. The summed E-state index contributed by atoms with van der Waals surface area (Å²) in [5.74, 6) is 3.17. The van der Waals surface area contributed by atoms with Gasteiger partial charge < -0.3 is 24.3 Å². The van der Waals surface area contributed by atoms with Gasteiger partial charge in [0.1, 0.15) is 17.3 Å². The van der Waals surface area contributed by atoms with Gasteiger partial charge in [-0.3, -0.25) is 4.98 Å². The second kappa shape index (κ2) is 10.2. The highest BCUT2D eigenvalue weighted by Gasteiger charge is 2.15. The Kier molecular flexibility index (Phi) is 6.75. The van der Waals surface area contributed by atoms with Crippen LogP contribution in [0, 0.1) is 11.3 Å². The Hall–Kier alpha value is -4.77. The minimum Gasteiger partial charge on any atom is -0.493 e. The van der Waals surface area contributed by atoms with E-state index in [2.05, 4.69) is 21.4 Å². The minimum absolute atomic E-state index is 0.502. The van der Waals surface area contributed by atoms with Gasteiger partial charge in [-0.15, -0.1) is 0 Å². The Bertz CT molecular complexity index is 1330. The van der Waals surface area contributed by atoms with Gasteiger partial charge in [-0.05, 0) is 24.3 Å². The number of methoxy groups -OCH3 is 3. The van der Waals surface area contributed by atoms with Crippen molar-refractivity contribution >= 4 is 11.5 Å². The highest BCUT2D eigenvalue weighted by Crippen LogP contribution is 2.41. The highest BCUT2D eigenvalue weighted by molar-refractivity contribution is 5.73. The second-order valence-electron chi connectivity index (χ2n) is 7.03. The number of nitriles is 1. The monoisotopic (exact) mass is 454 g/mol. The lowest BCUT2D eigenvalue weighted by atomic mass is 10.0. The number of aromatic nitrogens is 2. The van der Waals surface area contributed by atoms with E-state index in [1.54, 1.807) is 70.1 Å². The largest absolute Gasteiger partial charge is 0.493 e. The van der Waals surface area contributed by atoms with Crippen LogP contribution in [0.3, 0.4) is 0 Å². The molecule has 0 unspecified atom stereocenters. The topological polar surface area (TPSA) is 98.5 Å². The van der Waals surface area contributed by atoms with Gasteiger partial charge in [-0.1, -0.05) is 18.2 Å². The molecule has 1 N–H and O–H groups in total. The number of ether oxygens (including phenoxy) is 4. The summed E-state index contributed by atoms with van der Waals surface area (Å²) < 4.78 is 22.3. The number of nitrogens with zero attached hydrogens (tertiary/aromatic N) is 3. The quantitative estimate of drug-likeness (QED) is 0.369. The molecule has 2 aromatic carbocycles. The lowest BCUT2D eigenvalue weighted by Crippen LogP contribution is -1.99. The van der Waals surface area contributed by atoms with E-state index < -0.39 is 0 Å². The van der Waals surface area contributed by atoms with E-state index in [4.69, 9.17) is 18.9 Å². The number of pyridine rings is 2. The van der Waals surface area contributed by atoms with E-state index in [0.717, 1.165) is 0 Å². The number of rotatable bonds is 8. The van der Waals surface area contributed by atoms with Crippen LogP contribution < -0.4 is 24.3 Å². The maximum atomic E-state index is 9.48. The Morgan fingerprint density at radius 3 is 2.26 bits per heavy atom. The summed E-state index contributed by atoms with van der Waals surface area (Å²) in [4.78, 5) is 8.83. The van der Waals surface area contributed by atoms with Gasteiger partial charge in [0.25, 0.3) is 0 Å². The number of hydrogen-bond acceptors (Lipinski definition) is 8. The van der Waals surface area contributed by atoms with Crippen molar-refractivity contribution in [2.45, 2.75) is 0 Å². The van der Waals surface area contributed by atoms with E-state index in [1.165, 1.54) is 0 Å². The predicted octanol–water partition coefficient (Wildman–Crippen LogP) is 5.58. The highest BCUT2D eigenvalue weighted by atomic mass is 16.5. The van der Waals surface area contributed by atoms with Gasteiger partial charge in [0.05, 0.1) is 33.0 Å². The summed E-state index contributed by atoms with van der Waals surface area (Å²) in [6, 6.07) is 20.1. The third kappa shape index (κ3) is 4.69. The van der Waals surface area contributed by atoms with Crippen molar-refractivity contribution in [3.05, 3.63) is 78.6 Å². The van der Waals surface area contributed by atoms with Crippen LogP contribution >= 0.6 is 0 Å². The van der Waals surface area contributed by atoms with Crippen molar-refractivity contribution in [3.63, 3.8) is 0 Å². The molecule has 2 aromatic heterocycles. The molecule has 0 aliphatic heterocycles. The third-order valence-electron chi connectivity index (χ3n) is 4.97. The standard InChI is InChI=1S/C26H22N4O4/c1-31-22-13-18(14-23(32-2)26(22)33-3)30-24-15-19(10-12-28-24)34-21-9-6-11-29-25(21)20-8-5-4-7-17(20)16-27/h4-15H,1-3H3,(H,28,30). The number of hydrogen-bond donors (Lipinski definition) is 1. The molecule has 0 saturated carbocycles. The Morgan fingerprint density at radius 2 is 1.56 bits per heavy atom. The molecule has 0 aliphatic rings. The fourth-order valence-electron chi connectivity index (χ4n) is 3.43. The molecule has 0 aliphatic carbocycles. The van der Waals surface area contributed by atoms with Crippen LogP contribution in [0.2, 0.25) is 0 Å². The fraction of sp³-hybridized carbons (Fsp3) is 0.115. The lowest BCUT2D eigenvalue weighted by Gasteiger charge is -2.15. The molecule has 2 heterocycles. The molecule has 0 bridgehead atoms. The molecular formula is C26H22N4O4. The summed E-state index contributed by atoms with van der Waals surface area (Å²) in [7, 11) is 4.67. The first kappa shape index (κ1) is 22.4.